The Morgan fingerprint density at radius 1 is 1.40 bits per heavy atom. The lowest BCUT2D eigenvalue weighted by Gasteiger charge is -2.18. The molecule has 0 aromatic heterocycles. The van der Waals surface area contributed by atoms with E-state index in [1.807, 2.05) is 12.1 Å². The lowest BCUT2D eigenvalue weighted by atomic mass is 10.0. The Morgan fingerprint density at radius 2 is 2.10 bits per heavy atom. The van der Waals surface area contributed by atoms with Crippen LogP contribution in [0.4, 0.5) is 11.4 Å². The SMILES string of the molecule is CCCC1(CNc2ccc(C(=O)N(C)C)cc2N)CC1. The molecule has 1 aromatic carbocycles. The highest BCUT2D eigenvalue weighted by Crippen LogP contribution is 2.49. The second kappa shape index (κ2) is 5.73. The van der Waals surface area contributed by atoms with E-state index in [1.54, 1.807) is 25.1 Å². The zero-order valence-corrected chi connectivity index (χ0v) is 12.7. The Morgan fingerprint density at radius 3 is 2.60 bits per heavy atom. The zero-order chi connectivity index (χ0) is 14.8. The molecular formula is C16H25N3O. The number of rotatable bonds is 6. The first-order valence-electron chi connectivity index (χ1n) is 7.32. The molecule has 0 heterocycles. The summed E-state index contributed by atoms with van der Waals surface area (Å²) in [7, 11) is 3.48. The minimum Gasteiger partial charge on any atom is -0.397 e. The van der Waals surface area contributed by atoms with E-state index in [9.17, 15) is 4.79 Å². The van der Waals surface area contributed by atoms with Gasteiger partial charge in [-0.3, -0.25) is 4.79 Å². The van der Waals surface area contributed by atoms with Gasteiger partial charge in [-0.15, -0.1) is 0 Å². The van der Waals surface area contributed by atoms with Gasteiger partial charge in [0, 0.05) is 26.2 Å². The molecule has 0 radical (unpaired) electrons. The van der Waals surface area contributed by atoms with Crippen LogP contribution in [0.2, 0.25) is 0 Å². The fourth-order valence-corrected chi connectivity index (χ4v) is 2.62. The predicted molar refractivity (Wildman–Crippen MR) is 83.9 cm³/mol. The summed E-state index contributed by atoms with van der Waals surface area (Å²) in [6.07, 6.45) is 5.13. The smallest absolute Gasteiger partial charge is 0.253 e. The maximum absolute atomic E-state index is 11.9. The van der Waals surface area contributed by atoms with E-state index in [4.69, 9.17) is 5.73 Å². The summed E-state index contributed by atoms with van der Waals surface area (Å²) in [5.74, 6) is -0.0205. The number of amides is 1. The molecule has 1 saturated carbocycles. The molecule has 110 valence electrons. The van der Waals surface area contributed by atoms with Gasteiger partial charge >= 0.3 is 0 Å². The van der Waals surface area contributed by atoms with Crippen molar-refractivity contribution in [3.8, 4) is 0 Å². The van der Waals surface area contributed by atoms with Gasteiger partial charge in [-0.1, -0.05) is 13.3 Å². The summed E-state index contributed by atoms with van der Waals surface area (Å²) in [6.45, 7) is 3.21. The van der Waals surface area contributed by atoms with E-state index in [2.05, 4.69) is 12.2 Å². The molecule has 0 bridgehead atoms. The summed E-state index contributed by atoms with van der Waals surface area (Å²) in [6, 6.07) is 5.50. The maximum atomic E-state index is 11.9. The topological polar surface area (TPSA) is 58.4 Å². The molecule has 0 aliphatic heterocycles. The Hall–Kier alpha value is -1.71. The molecule has 0 spiro atoms. The molecule has 1 fully saturated rings. The number of benzene rings is 1. The van der Waals surface area contributed by atoms with E-state index < -0.39 is 0 Å². The van der Waals surface area contributed by atoms with Crippen molar-refractivity contribution in [1.29, 1.82) is 0 Å². The van der Waals surface area contributed by atoms with Crippen LogP contribution < -0.4 is 11.1 Å². The Bertz CT molecular complexity index is 492. The van der Waals surface area contributed by atoms with Crippen molar-refractivity contribution in [2.24, 2.45) is 5.41 Å². The number of nitrogens with one attached hydrogen (secondary N) is 1. The summed E-state index contributed by atoms with van der Waals surface area (Å²) < 4.78 is 0. The van der Waals surface area contributed by atoms with Crippen molar-refractivity contribution in [1.82, 2.24) is 4.90 Å². The molecule has 4 nitrogen and oxygen atoms in total. The van der Waals surface area contributed by atoms with Gasteiger partial charge in [0.05, 0.1) is 11.4 Å². The number of nitrogens with two attached hydrogens (primary N) is 1. The molecule has 0 saturated heterocycles. The van der Waals surface area contributed by atoms with Crippen LogP contribution in [0.25, 0.3) is 0 Å². The Kier molecular flexibility index (Phi) is 4.21. The normalized spacial score (nSPS) is 15.8. The second-order valence-electron chi connectivity index (χ2n) is 6.11. The molecule has 2 rings (SSSR count). The first-order chi connectivity index (χ1) is 9.47. The summed E-state index contributed by atoms with van der Waals surface area (Å²) in [4.78, 5) is 13.4. The van der Waals surface area contributed by atoms with Crippen LogP contribution in [-0.2, 0) is 0 Å². The van der Waals surface area contributed by atoms with Gasteiger partial charge in [0.25, 0.3) is 5.91 Å². The Labute approximate surface area is 121 Å². The number of nitrogen functional groups attached to an aromatic ring is 1. The van der Waals surface area contributed by atoms with Crippen LogP contribution in [0.15, 0.2) is 18.2 Å². The van der Waals surface area contributed by atoms with E-state index in [1.165, 1.54) is 25.7 Å². The second-order valence-corrected chi connectivity index (χ2v) is 6.11. The van der Waals surface area contributed by atoms with Gasteiger partial charge in [0.15, 0.2) is 0 Å². The first kappa shape index (κ1) is 14.7. The van der Waals surface area contributed by atoms with E-state index in [0.29, 0.717) is 16.7 Å². The number of nitrogens with zero attached hydrogens (tertiary/aromatic N) is 1. The standard InChI is InChI=1S/C16H25N3O/c1-4-7-16(8-9-16)11-18-14-6-5-12(10-13(14)17)15(20)19(2)3/h5-6,10,18H,4,7-9,11,17H2,1-3H3. The van der Waals surface area contributed by atoms with Crippen molar-refractivity contribution < 1.29 is 4.79 Å². The monoisotopic (exact) mass is 275 g/mol. The van der Waals surface area contributed by atoms with Crippen LogP contribution >= 0.6 is 0 Å². The molecule has 4 heteroatoms. The van der Waals surface area contributed by atoms with Crippen molar-refractivity contribution in [3.63, 3.8) is 0 Å². The number of hydrogen-bond donors (Lipinski definition) is 2. The van der Waals surface area contributed by atoms with Crippen molar-refractivity contribution in [3.05, 3.63) is 23.8 Å². The van der Waals surface area contributed by atoms with E-state index >= 15 is 0 Å². The lowest BCUT2D eigenvalue weighted by Crippen LogP contribution is -2.22. The summed E-state index contributed by atoms with van der Waals surface area (Å²) in [5.41, 5.74) is 8.74. The quantitative estimate of drug-likeness (QED) is 0.785. The number of carbonyl (C=O) groups excluding carboxylic acids is 1. The average Bonchev–Trinajstić information content (AvgIpc) is 3.17. The highest BCUT2D eigenvalue weighted by atomic mass is 16.2. The van der Waals surface area contributed by atoms with Crippen molar-refractivity contribution in [2.75, 3.05) is 31.7 Å². The number of anilines is 2. The largest absolute Gasteiger partial charge is 0.397 e. The maximum Gasteiger partial charge on any atom is 0.253 e. The highest BCUT2D eigenvalue weighted by Gasteiger charge is 2.41. The molecule has 1 amide bonds. The van der Waals surface area contributed by atoms with Crippen molar-refractivity contribution in [2.45, 2.75) is 32.6 Å². The van der Waals surface area contributed by atoms with Crippen molar-refractivity contribution >= 4 is 17.3 Å². The third-order valence-corrected chi connectivity index (χ3v) is 4.10. The van der Waals surface area contributed by atoms with E-state index in [-0.39, 0.29) is 5.91 Å². The summed E-state index contributed by atoms with van der Waals surface area (Å²) >= 11 is 0. The fourth-order valence-electron chi connectivity index (χ4n) is 2.62. The van der Waals surface area contributed by atoms with Crippen LogP contribution in [0.1, 0.15) is 43.0 Å². The summed E-state index contributed by atoms with van der Waals surface area (Å²) in [5, 5.41) is 3.45. The molecule has 1 aromatic rings. The van der Waals surface area contributed by atoms with Crippen LogP contribution in [0, 0.1) is 5.41 Å². The van der Waals surface area contributed by atoms with Gasteiger partial charge in [-0.2, -0.15) is 0 Å². The lowest BCUT2D eigenvalue weighted by molar-refractivity contribution is 0.0827. The van der Waals surface area contributed by atoms with Gasteiger partial charge in [0.2, 0.25) is 0 Å². The van der Waals surface area contributed by atoms with Gasteiger partial charge in [-0.25, -0.2) is 0 Å². The number of hydrogen-bond acceptors (Lipinski definition) is 3. The first-order valence-corrected chi connectivity index (χ1v) is 7.32. The third-order valence-electron chi connectivity index (χ3n) is 4.10. The van der Waals surface area contributed by atoms with Crippen LogP contribution in [0.5, 0.6) is 0 Å². The molecule has 0 atom stereocenters. The molecule has 3 N–H and O–H groups in total. The van der Waals surface area contributed by atoms with Crippen LogP contribution in [0.3, 0.4) is 0 Å². The third kappa shape index (κ3) is 3.24. The van der Waals surface area contributed by atoms with Gasteiger partial charge < -0.3 is 16.0 Å². The molecule has 20 heavy (non-hydrogen) atoms. The minimum atomic E-state index is -0.0205. The van der Waals surface area contributed by atoms with E-state index in [0.717, 1.165) is 12.2 Å². The van der Waals surface area contributed by atoms with Gasteiger partial charge in [0.1, 0.15) is 0 Å². The highest BCUT2D eigenvalue weighted by molar-refractivity contribution is 5.95. The molecule has 1 aliphatic rings. The Balaban J connectivity index is 2.01. The fraction of sp³-hybridized carbons (Fsp3) is 0.562. The molecule has 0 unspecified atom stereocenters. The minimum absolute atomic E-state index is 0.0205. The van der Waals surface area contributed by atoms with Crippen LogP contribution in [-0.4, -0.2) is 31.4 Å². The average molecular weight is 275 g/mol. The predicted octanol–water partition coefficient (Wildman–Crippen LogP) is 2.96. The van der Waals surface area contributed by atoms with Gasteiger partial charge in [-0.05, 0) is 42.9 Å². The number of carbonyl (C=O) groups is 1. The zero-order valence-electron chi connectivity index (χ0n) is 12.7. The molecule has 1 aliphatic carbocycles. The molecular weight excluding hydrogens is 250 g/mol.